The van der Waals surface area contributed by atoms with Crippen LogP contribution >= 0.6 is 0 Å². The van der Waals surface area contributed by atoms with Crippen molar-refractivity contribution in [3.8, 4) is 0 Å². The van der Waals surface area contributed by atoms with Crippen LogP contribution in [-0.2, 0) is 0 Å². The Balaban J connectivity index is -0.00000122. The van der Waals surface area contributed by atoms with Crippen molar-refractivity contribution < 1.29 is 0 Å². The van der Waals surface area contributed by atoms with Crippen molar-refractivity contribution in [2.24, 2.45) is 28.7 Å². The Morgan fingerprint density at radius 3 is 0.400 bits per heavy atom. The van der Waals surface area contributed by atoms with Crippen LogP contribution in [0.15, 0.2) is 0 Å². The molecule has 0 aliphatic rings. The predicted octanol–water partition coefficient (Wildman–Crippen LogP) is 18.5. The summed E-state index contributed by atoms with van der Waals surface area (Å²) < 4.78 is 0. The standard InChI is InChI=1S/C31H68N4.C25H56N4.C19H42N2/c1-3-5-7-8-9-10-11-12-13-14-15-16-17-18-19-20-27-35(29-22-25-33)31-23-30-34(26-6-4-2)28-21-24-32;1-3-5-7-8-9-10-11-12-13-14-21-29(23-16-19-27)25-17-24-28(20-6-4-2)22-15-18-26;1-3-5-7-8-9-10-11-12-13-14-18-21(17-6-4-2)19-15-16-20/h3-33H2,1-2H3;3-27H2,1-2H3;3-20H2,1-2H3. The Morgan fingerprint density at radius 1 is 0.129 bits per heavy atom. The maximum atomic E-state index is 5.81. The Labute approximate surface area is 537 Å². The van der Waals surface area contributed by atoms with Gasteiger partial charge in [-0.25, -0.2) is 0 Å². The summed E-state index contributed by atoms with van der Waals surface area (Å²) in [6.07, 6.45) is 67.5. The smallest absolute Gasteiger partial charge is 0.000654 e. The molecule has 0 spiro atoms. The molecule has 10 N–H and O–H groups in total. The molecule has 0 aliphatic carbocycles. The number of nitrogens with two attached hydrogens (primary N) is 5. The first-order chi connectivity index (χ1) is 41.9. The topological polar surface area (TPSA) is 146 Å². The van der Waals surface area contributed by atoms with Gasteiger partial charge in [0.05, 0.1) is 0 Å². The third kappa shape index (κ3) is 76.0. The minimum Gasteiger partial charge on any atom is -0.330 e. The molecule has 0 saturated heterocycles. The second-order valence-electron chi connectivity index (χ2n) is 26.4. The van der Waals surface area contributed by atoms with Crippen LogP contribution in [0.2, 0.25) is 0 Å². The zero-order valence-corrected chi connectivity index (χ0v) is 59.9. The second-order valence-corrected chi connectivity index (χ2v) is 26.4. The number of hydrogen-bond donors (Lipinski definition) is 5. The van der Waals surface area contributed by atoms with E-state index >= 15 is 0 Å². The largest absolute Gasteiger partial charge is 0.330 e. The molecule has 0 amide bonds. The van der Waals surface area contributed by atoms with Gasteiger partial charge in [0, 0.05) is 0 Å². The van der Waals surface area contributed by atoms with Crippen molar-refractivity contribution >= 4 is 0 Å². The summed E-state index contributed by atoms with van der Waals surface area (Å²) in [5, 5.41) is 0. The van der Waals surface area contributed by atoms with Gasteiger partial charge in [-0.3, -0.25) is 0 Å². The van der Waals surface area contributed by atoms with E-state index in [-0.39, 0.29) is 0 Å². The summed E-state index contributed by atoms with van der Waals surface area (Å²) in [7, 11) is 0. The van der Waals surface area contributed by atoms with E-state index in [1.165, 1.54) is 374 Å². The molecule has 0 rings (SSSR count). The Kier molecular flexibility index (Phi) is 85.3. The quantitative estimate of drug-likeness (QED) is 0.0373. The summed E-state index contributed by atoms with van der Waals surface area (Å²) in [6, 6.07) is 0. The molecular weight excluding hydrogens is 1040 g/mol. The van der Waals surface area contributed by atoms with Gasteiger partial charge in [-0.05, 0) is 214 Å². The highest BCUT2D eigenvalue weighted by Crippen LogP contribution is 2.16. The molecule has 10 heteroatoms. The van der Waals surface area contributed by atoms with E-state index in [0.29, 0.717) is 0 Å². The lowest BCUT2D eigenvalue weighted by molar-refractivity contribution is 0.220. The first kappa shape index (κ1) is 88.8. The summed E-state index contributed by atoms with van der Waals surface area (Å²) in [4.78, 5) is 13.2. The maximum Gasteiger partial charge on any atom is -0.000654 e. The van der Waals surface area contributed by atoms with Crippen LogP contribution in [-0.4, -0.2) is 155 Å². The van der Waals surface area contributed by atoms with Gasteiger partial charge < -0.3 is 53.2 Å². The second kappa shape index (κ2) is 81.6. The van der Waals surface area contributed by atoms with Crippen LogP contribution in [0.4, 0.5) is 0 Å². The molecule has 0 aromatic rings. The molecule has 0 aromatic carbocycles. The molecule has 0 atom stereocenters. The molecule has 0 aliphatic heterocycles. The number of hydrogen-bond acceptors (Lipinski definition) is 10. The Bertz CT molecular complexity index is 1090. The third-order valence-electron chi connectivity index (χ3n) is 17.8. The van der Waals surface area contributed by atoms with Crippen molar-refractivity contribution in [1.29, 1.82) is 0 Å². The van der Waals surface area contributed by atoms with E-state index < -0.39 is 0 Å². The Morgan fingerprint density at radius 2 is 0.247 bits per heavy atom. The average Bonchev–Trinajstić information content (AvgIpc) is 3.52. The molecule has 10 nitrogen and oxygen atoms in total. The van der Waals surface area contributed by atoms with E-state index in [1.807, 2.05) is 0 Å². The molecule has 0 bridgehead atoms. The van der Waals surface area contributed by atoms with Crippen LogP contribution in [0, 0.1) is 0 Å². The highest BCUT2D eigenvalue weighted by molar-refractivity contribution is 4.67. The maximum absolute atomic E-state index is 5.81. The molecule has 85 heavy (non-hydrogen) atoms. The average molecular weight is 1210 g/mol. The van der Waals surface area contributed by atoms with Gasteiger partial charge >= 0.3 is 0 Å². The molecule has 0 aromatic heterocycles. The van der Waals surface area contributed by atoms with E-state index in [2.05, 4.69) is 66.0 Å². The van der Waals surface area contributed by atoms with Crippen LogP contribution in [0.25, 0.3) is 0 Å². The summed E-state index contributed by atoms with van der Waals surface area (Å²) in [6.45, 7) is 36.1. The molecular formula is C75H166N10. The lowest BCUT2D eigenvalue weighted by Crippen LogP contribution is -2.33. The van der Waals surface area contributed by atoms with Crippen molar-refractivity contribution in [3.05, 3.63) is 0 Å². The van der Waals surface area contributed by atoms with Crippen LogP contribution in [0.5, 0.6) is 0 Å². The van der Waals surface area contributed by atoms with Crippen molar-refractivity contribution in [1.82, 2.24) is 24.5 Å². The molecule has 0 saturated carbocycles. The summed E-state index contributed by atoms with van der Waals surface area (Å²) in [5.41, 5.74) is 28.7. The number of rotatable bonds is 71. The molecule has 0 fully saturated rings. The fourth-order valence-electron chi connectivity index (χ4n) is 12.0. The van der Waals surface area contributed by atoms with E-state index in [1.54, 1.807) is 0 Å². The van der Waals surface area contributed by atoms with E-state index in [4.69, 9.17) is 28.7 Å². The fraction of sp³-hybridized carbons (Fsp3) is 1.00. The lowest BCUT2D eigenvalue weighted by Gasteiger charge is -2.26. The van der Waals surface area contributed by atoms with Crippen molar-refractivity contribution in [3.63, 3.8) is 0 Å². The molecule has 0 heterocycles. The molecule has 0 radical (unpaired) electrons. The van der Waals surface area contributed by atoms with Crippen molar-refractivity contribution in [2.75, 3.05) is 131 Å². The number of unbranched alkanes of at least 4 members (excludes halogenated alkanes) is 36. The summed E-state index contributed by atoms with van der Waals surface area (Å²) >= 11 is 0. The monoisotopic (exact) mass is 1210 g/mol. The Hall–Kier alpha value is -0.400. The SMILES string of the molecule is CCCCCCCCCCCCCCCCCCN(CCCN)CCCN(CCCC)CCCN.CCCCCCCCCCCCN(CCCC)CCCN.CCCCCCCCCCCCN(CCCN)CCCN(CCCC)CCCN. The van der Waals surface area contributed by atoms with Crippen LogP contribution in [0.3, 0.4) is 0 Å². The lowest BCUT2D eigenvalue weighted by atomic mass is 10.0. The van der Waals surface area contributed by atoms with Crippen LogP contribution in [0.1, 0.15) is 356 Å². The zero-order chi connectivity index (χ0) is 62.7. The van der Waals surface area contributed by atoms with Crippen LogP contribution < -0.4 is 28.7 Å². The van der Waals surface area contributed by atoms with E-state index in [0.717, 1.165) is 71.4 Å². The van der Waals surface area contributed by atoms with Gasteiger partial charge in [0.15, 0.2) is 0 Å². The van der Waals surface area contributed by atoms with Gasteiger partial charge in [0.25, 0.3) is 0 Å². The predicted molar refractivity (Wildman–Crippen MR) is 388 cm³/mol. The number of nitrogens with zero attached hydrogens (tertiary/aromatic N) is 5. The zero-order valence-electron chi connectivity index (χ0n) is 59.9. The van der Waals surface area contributed by atoms with Gasteiger partial charge in [-0.1, -0.05) is 273 Å². The molecule has 516 valence electrons. The molecule has 0 unspecified atom stereocenters. The van der Waals surface area contributed by atoms with Gasteiger partial charge in [-0.15, -0.1) is 0 Å². The van der Waals surface area contributed by atoms with Gasteiger partial charge in [-0.2, -0.15) is 0 Å². The fourth-order valence-corrected chi connectivity index (χ4v) is 12.0. The van der Waals surface area contributed by atoms with E-state index in [9.17, 15) is 0 Å². The van der Waals surface area contributed by atoms with Gasteiger partial charge in [0.2, 0.25) is 0 Å². The summed E-state index contributed by atoms with van der Waals surface area (Å²) in [5.74, 6) is 0. The minimum atomic E-state index is 0.810. The highest BCUT2D eigenvalue weighted by Gasteiger charge is 2.11. The first-order valence-electron chi connectivity index (χ1n) is 39.0. The first-order valence-corrected chi connectivity index (χ1v) is 39.0. The minimum absolute atomic E-state index is 0.810. The normalized spacial score (nSPS) is 11.7. The van der Waals surface area contributed by atoms with Crippen molar-refractivity contribution in [2.45, 2.75) is 356 Å². The third-order valence-corrected chi connectivity index (χ3v) is 17.8. The highest BCUT2D eigenvalue weighted by atomic mass is 15.2. The van der Waals surface area contributed by atoms with Gasteiger partial charge in [0.1, 0.15) is 0 Å².